The highest BCUT2D eigenvalue weighted by Crippen LogP contribution is 2.16. The van der Waals surface area contributed by atoms with E-state index in [2.05, 4.69) is 37.0 Å². The number of carbonyl (C=O) groups is 1. The van der Waals surface area contributed by atoms with Crippen molar-refractivity contribution in [3.8, 4) is 0 Å². The Labute approximate surface area is 110 Å². The van der Waals surface area contributed by atoms with Gasteiger partial charge in [-0.15, -0.1) is 11.3 Å². The fraction of sp³-hybridized carbons (Fsp3) is 0.286. The lowest BCUT2D eigenvalue weighted by molar-refractivity contribution is 0.0691. The first-order valence-corrected chi connectivity index (χ1v) is 6.68. The quantitative estimate of drug-likeness (QED) is 0.919. The van der Waals surface area contributed by atoms with Crippen molar-refractivity contribution >= 4 is 17.3 Å². The molecular formula is C14H15NO2S. The molecule has 0 spiro atoms. The summed E-state index contributed by atoms with van der Waals surface area (Å²) in [6.45, 7) is 4.18. The molecule has 94 valence electrons. The summed E-state index contributed by atoms with van der Waals surface area (Å²) >= 11 is 1.41. The third kappa shape index (κ3) is 2.96. The zero-order chi connectivity index (χ0) is 13.1. The normalized spacial score (nSPS) is 10.6. The van der Waals surface area contributed by atoms with Crippen LogP contribution in [-0.4, -0.2) is 16.1 Å². The van der Waals surface area contributed by atoms with Crippen LogP contribution in [0.15, 0.2) is 23.6 Å². The molecule has 1 aromatic carbocycles. The van der Waals surface area contributed by atoms with E-state index in [-0.39, 0.29) is 5.69 Å². The van der Waals surface area contributed by atoms with Crippen LogP contribution in [0.25, 0.3) is 0 Å². The van der Waals surface area contributed by atoms with E-state index in [0.717, 1.165) is 17.8 Å². The van der Waals surface area contributed by atoms with E-state index in [0.29, 0.717) is 0 Å². The Morgan fingerprint density at radius 2 is 2.11 bits per heavy atom. The molecule has 0 bridgehead atoms. The van der Waals surface area contributed by atoms with Gasteiger partial charge < -0.3 is 5.11 Å². The number of aryl methyl sites for hydroxylation is 4. The molecule has 0 fully saturated rings. The predicted octanol–water partition coefficient (Wildman–Crippen LogP) is 3.24. The van der Waals surface area contributed by atoms with E-state index in [1.807, 2.05) is 0 Å². The molecule has 2 rings (SSSR count). The maximum absolute atomic E-state index is 10.7. The van der Waals surface area contributed by atoms with Crippen LogP contribution in [0.5, 0.6) is 0 Å². The van der Waals surface area contributed by atoms with Crippen LogP contribution in [-0.2, 0) is 12.8 Å². The summed E-state index contributed by atoms with van der Waals surface area (Å²) in [6.07, 6.45) is 1.69. The number of carboxylic acid groups (broad SMARTS) is 1. The molecule has 4 heteroatoms. The minimum absolute atomic E-state index is 0.149. The minimum atomic E-state index is -0.955. The van der Waals surface area contributed by atoms with Crippen LogP contribution in [0, 0.1) is 13.8 Å². The first kappa shape index (κ1) is 12.8. The van der Waals surface area contributed by atoms with Gasteiger partial charge in [0.2, 0.25) is 0 Å². The van der Waals surface area contributed by atoms with Crippen LogP contribution in [0.4, 0.5) is 0 Å². The zero-order valence-electron chi connectivity index (χ0n) is 10.4. The van der Waals surface area contributed by atoms with Gasteiger partial charge in [-0.05, 0) is 31.4 Å². The molecule has 0 aliphatic carbocycles. The maximum Gasteiger partial charge on any atom is 0.355 e. The first-order chi connectivity index (χ1) is 8.56. The average Bonchev–Trinajstić information content (AvgIpc) is 2.76. The lowest BCUT2D eigenvalue weighted by Crippen LogP contribution is -1.98. The van der Waals surface area contributed by atoms with Gasteiger partial charge in [-0.25, -0.2) is 9.78 Å². The van der Waals surface area contributed by atoms with Crippen molar-refractivity contribution in [2.24, 2.45) is 0 Å². The van der Waals surface area contributed by atoms with Crippen molar-refractivity contribution in [1.29, 1.82) is 0 Å². The van der Waals surface area contributed by atoms with Gasteiger partial charge in [0, 0.05) is 11.8 Å². The molecule has 2 aromatic rings. The van der Waals surface area contributed by atoms with Gasteiger partial charge in [0.05, 0.1) is 5.01 Å². The summed E-state index contributed by atoms with van der Waals surface area (Å²) in [5.41, 5.74) is 3.99. The van der Waals surface area contributed by atoms with Crippen molar-refractivity contribution in [1.82, 2.24) is 4.98 Å². The third-order valence-electron chi connectivity index (χ3n) is 2.88. The summed E-state index contributed by atoms with van der Waals surface area (Å²) in [4.78, 5) is 14.8. The molecule has 0 aliphatic rings. The van der Waals surface area contributed by atoms with E-state index < -0.39 is 5.97 Å². The second kappa shape index (κ2) is 5.31. The number of thiazole rings is 1. The Morgan fingerprint density at radius 1 is 1.33 bits per heavy atom. The summed E-state index contributed by atoms with van der Waals surface area (Å²) in [5, 5.41) is 11.3. The number of hydrogen-bond acceptors (Lipinski definition) is 3. The average molecular weight is 261 g/mol. The monoisotopic (exact) mass is 261 g/mol. The largest absolute Gasteiger partial charge is 0.476 e. The van der Waals surface area contributed by atoms with Gasteiger partial charge in [-0.2, -0.15) is 0 Å². The van der Waals surface area contributed by atoms with Crippen LogP contribution < -0.4 is 0 Å². The van der Waals surface area contributed by atoms with Crippen molar-refractivity contribution < 1.29 is 9.90 Å². The number of nitrogens with zero attached hydrogens (tertiary/aromatic N) is 1. The van der Waals surface area contributed by atoms with Crippen LogP contribution in [0.2, 0.25) is 0 Å². The number of carboxylic acids is 1. The molecule has 1 heterocycles. The lowest BCUT2D eigenvalue weighted by Gasteiger charge is -2.05. The van der Waals surface area contributed by atoms with Crippen molar-refractivity contribution in [3.05, 3.63) is 51.0 Å². The molecule has 0 amide bonds. The number of hydrogen-bond donors (Lipinski definition) is 1. The molecule has 1 N–H and O–H groups in total. The summed E-state index contributed by atoms with van der Waals surface area (Å²) in [5.74, 6) is -0.955. The topological polar surface area (TPSA) is 50.2 Å². The number of aromatic nitrogens is 1. The van der Waals surface area contributed by atoms with Gasteiger partial charge in [-0.1, -0.05) is 23.8 Å². The van der Waals surface area contributed by atoms with Crippen LogP contribution in [0.1, 0.15) is 32.2 Å². The molecular weight excluding hydrogens is 246 g/mol. The predicted molar refractivity (Wildman–Crippen MR) is 72.4 cm³/mol. The Morgan fingerprint density at radius 3 is 2.72 bits per heavy atom. The summed E-state index contributed by atoms with van der Waals surface area (Å²) < 4.78 is 0. The summed E-state index contributed by atoms with van der Waals surface area (Å²) in [7, 11) is 0. The lowest BCUT2D eigenvalue weighted by atomic mass is 10.0. The second-order valence-electron chi connectivity index (χ2n) is 4.36. The fourth-order valence-electron chi connectivity index (χ4n) is 1.89. The van der Waals surface area contributed by atoms with Gasteiger partial charge in [0.1, 0.15) is 0 Å². The molecule has 18 heavy (non-hydrogen) atoms. The third-order valence-corrected chi connectivity index (χ3v) is 3.79. The fourth-order valence-corrected chi connectivity index (χ4v) is 2.66. The zero-order valence-corrected chi connectivity index (χ0v) is 11.3. The Kier molecular flexibility index (Phi) is 3.77. The second-order valence-corrected chi connectivity index (χ2v) is 5.30. The van der Waals surface area contributed by atoms with E-state index >= 15 is 0 Å². The highest BCUT2D eigenvalue weighted by molar-refractivity contribution is 7.09. The highest BCUT2D eigenvalue weighted by atomic mass is 32.1. The standard InChI is InChI=1S/C14H15NO2S/c1-9-3-4-11(10(2)7-9)5-6-13-15-12(8-18-13)14(16)17/h3-4,7-8H,5-6H2,1-2H3,(H,16,17). The minimum Gasteiger partial charge on any atom is -0.476 e. The number of rotatable bonds is 4. The van der Waals surface area contributed by atoms with Crippen molar-refractivity contribution in [3.63, 3.8) is 0 Å². The highest BCUT2D eigenvalue weighted by Gasteiger charge is 2.08. The van der Waals surface area contributed by atoms with E-state index in [1.165, 1.54) is 28.0 Å². The molecule has 0 saturated heterocycles. The van der Waals surface area contributed by atoms with Gasteiger partial charge in [0.25, 0.3) is 0 Å². The molecule has 0 aliphatic heterocycles. The van der Waals surface area contributed by atoms with E-state index in [9.17, 15) is 4.79 Å². The first-order valence-electron chi connectivity index (χ1n) is 5.80. The van der Waals surface area contributed by atoms with Crippen LogP contribution in [0.3, 0.4) is 0 Å². The number of benzene rings is 1. The molecule has 0 radical (unpaired) electrons. The van der Waals surface area contributed by atoms with E-state index in [4.69, 9.17) is 5.11 Å². The van der Waals surface area contributed by atoms with Crippen molar-refractivity contribution in [2.75, 3.05) is 0 Å². The molecule has 3 nitrogen and oxygen atoms in total. The van der Waals surface area contributed by atoms with Gasteiger partial charge in [-0.3, -0.25) is 0 Å². The van der Waals surface area contributed by atoms with Crippen molar-refractivity contribution in [2.45, 2.75) is 26.7 Å². The van der Waals surface area contributed by atoms with Gasteiger partial charge >= 0.3 is 5.97 Å². The Balaban J connectivity index is 2.04. The van der Waals surface area contributed by atoms with Crippen LogP contribution >= 0.6 is 11.3 Å². The summed E-state index contributed by atoms with van der Waals surface area (Å²) in [6, 6.07) is 6.41. The van der Waals surface area contributed by atoms with Gasteiger partial charge in [0.15, 0.2) is 5.69 Å². The Bertz CT molecular complexity index is 575. The molecule has 0 unspecified atom stereocenters. The SMILES string of the molecule is Cc1ccc(CCc2nc(C(=O)O)cs2)c(C)c1. The smallest absolute Gasteiger partial charge is 0.355 e. The maximum atomic E-state index is 10.7. The molecule has 0 saturated carbocycles. The van der Waals surface area contributed by atoms with E-state index in [1.54, 1.807) is 5.38 Å². The molecule has 0 atom stereocenters. The molecule has 1 aromatic heterocycles. The Hall–Kier alpha value is -1.68. The number of aromatic carboxylic acids is 1.